The largest absolute Gasteiger partial charge is 0.443 e. The molecule has 0 aliphatic carbocycles. The molecule has 4 aromatic rings. The van der Waals surface area contributed by atoms with Gasteiger partial charge in [0.2, 0.25) is 5.91 Å². The summed E-state index contributed by atoms with van der Waals surface area (Å²) in [4.78, 5) is 47.5. The van der Waals surface area contributed by atoms with Crippen LogP contribution in [0.4, 0.5) is 22.0 Å². The molecule has 1 aromatic heterocycles. The van der Waals surface area contributed by atoms with E-state index in [1.165, 1.54) is 17.0 Å². The van der Waals surface area contributed by atoms with E-state index in [1.807, 2.05) is 58.0 Å². The third-order valence-corrected chi connectivity index (χ3v) is 8.64. The number of hydrogen-bond acceptors (Lipinski definition) is 9. The molecule has 3 aromatic carbocycles. The van der Waals surface area contributed by atoms with Gasteiger partial charge in [-0.05, 0) is 55.2 Å². The normalized spacial score (nSPS) is 12.0. The van der Waals surface area contributed by atoms with Gasteiger partial charge in [0, 0.05) is 52.0 Å². The van der Waals surface area contributed by atoms with Crippen LogP contribution in [0.15, 0.2) is 87.6 Å². The fourth-order valence-electron chi connectivity index (χ4n) is 4.68. The Kier molecular flexibility index (Phi) is 12.2. The summed E-state index contributed by atoms with van der Waals surface area (Å²) in [6.07, 6.45) is 2.08. The molecular weight excluding hydrogens is 630 g/mol. The molecule has 48 heavy (non-hydrogen) atoms. The highest BCUT2D eigenvalue weighted by atomic mass is 32.2. The molecule has 2 amide bonds. The molecule has 0 fully saturated rings. The van der Waals surface area contributed by atoms with Gasteiger partial charge >= 0.3 is 6.09 Å². The number of nitrogen functional groups attached to an aromatic ring is 2. The van der Waals surface area contributed by atoms with Crippen molar-refractivity contribution < 1.29 is 18.5 Å². The van der Waals surface area contributed by atoms with Crippen LogP contribution < -0.4 is 27.7 Å². The molecule has 6 N–H and O–H groups in total. The third kappa shape index (κ3) is 10.1. The molecule has 252 valence electrons. The van der Waals surface area contributed by atoms with Gasteiger partial charge in [0.15, 0.2) is 5.82 Å². The number of benzene rings is 3. The van der Waals surface area contributed by atoms with E-state index < -0.39 is 28.4 Å². The van der Waals surface area contributed by atoms with E-state index in [0.717, 1.165) is 5.56 Å². The minimum absolute atomic E-state index is 0.0748. The fourth-order valence-corrected chi connectivity index (χ4v) is 6.00. The maximum absolute atomic E-state index is 13.6. The Labute approximate surface area is 282 Å². The molecular formula is C35H41N7O5S. The number of rotatable bonds is 13. The van der Waals surface area contributed by atoms with Crippen LogP contribution in [0.5, 0.6) is 0 Å². The molecule has 1 atom stereocenters. The van der Waals surface area contributed by atoms with Crippen LogP contribution in [0, 0.1) is 5.92 Å². The van der Waals surface area contributed by atoms with Gasteiger partial charge in [0.25, 0.3) is 5.56 Å². The van der Waals surface area contributed by atoms with E-state index >= 15 is 0 Å². The van der Waals surface area contributed by atoms with Gasteiger partial charge in [-0.2, -0.15) is 4.99 Å². The first-order valence-electron chi connectivity index (χ1n) is 15.4. The summed E-state index contributed by atoms with van der Waals surface area (Å²) in [5.74, 6) is 0.322. The Hall–Kier alpha value is -5.30. The lowest BCUT2D eigenvalue weighted by Gasteiger charge is -2.17. The van der Waals surface area contributed by atoms with Crippen LogP contribution >= 0.6 is 0 Å². The van der Waals surface area contributed by atoms with Gasteiger partial charge in [-0.1, -0.05) is 56.3 Å². The highest BCUT2D eigenvalue weighted by molar-refractivity contribution is 7.85. The lowest BCUT2D eigenvalue weighted by atomic mass is 10.1. The molecule has 4 rings (SSSR count). The molecule has 0 saturated heterocycles. The molecule has 0 radical (unpaired) electrons. The van der Waals surface area contributed by atoms with E-state index in [1.54, 1.807) is 36.4 Å². The number of aromatic nitrogens is 2. The van der Waals surface area contributed by atoms with E-state index in [4.69, 9.17) is 16.2 Å². The number of nitrogens with two attached hydrogens (primary N) is 2. The number of carbonyl (C=O) groups excluding carboxylic acids is 2. The van der Waals surface area contributed by atoms with Crippen LogP contribution in [0.25, 0.3) is 11.3 Å². The lowest BCUT2D eigenvalue weighted by molar-refractivity contribution is -0.121. The van der Waals surface area contributed by atoms with Gasteiger partial charge in [-0.25, -0.2) is 9.78 Å². The van der Waals surface area contributed by atoms with Gasteiger partial charge < -0.3 is 26.8 Å². The minimum Gasteiger partial charge on any atom is -0.443 e. The standard InChI is InChI=1S/C35H41N7O5S/c1-22(2)21-48(46)29-14-27(13-28(36)15-29)31-18-39-33(41-23(3)4)34(44)42(31)19-32(43)38-16-25-10-11-26(30(37)12-25)17-40-35(45)47-20-24-8-6-5-7-9-24/h5-15,17-18,22-23H,16,19-21,36-37H2,1-4H3,(H,38,43)(H,39,41)/b40-17-. The number of nitrogens with zero attached hydrogens (tertiary/aromatic N) is 3. The van der Waals surface area contributed by atoms with Crippen molar-refractivity contribution in [3.05, 3.63) is 100.0 Å². The maximum Gasteiger partial charge on any atom is 0.433 e. The molecule has 0 saturated carbocycles. The van der Waals surface area contributed by atoms with Gasteiger partial charge in [-0.3, -0.25) is 18.4 Å². The highest BCUT2D eigenvalue weighted by Crippen LogP contribution is 2.26. The summed E-state index contributed by atoms with van der Waals surface area (Å²) in [7, 11) is -1.30. The molecule has 0 bridgehead atoms. The number of nitrogens with one attached hydrogen (secondary N) is 2. The zero-order valence-corrected chi connectivity index (χ0v) is 28.3. The average Bonchev–Trinajstić information content (AvgIpc) is 3.04. The Balaban J connectivity index is 1.48. The Morgan fingerprint density at radius 1 is 1.02 bits per heavy atom. The molecule has 12 nitrogen and oxygen atoms in total. The van der Waals surface area contributed by atoms with Crippen LogP contribution in [-0.4, -0.2) is 43.8 Å². The molecule has 1 heterocycles. The summed E-state index contributed by atoms with van der Waals surface area (Å²) < 4.78 is 19.4. The minimum atomic E-state index is -1.30. The fraction of sp³-hybridized carbons (Fsp3) is 0.286. The van der Waals surface area contributed by atoms with Crippen LogP contribution in [-0.2, 0) is 40.0 Å². The zero-order valence-electron chi connectivity index (χ0n) is 27.4. The predicted molar refractivity (Wildman–Crippen MR) is 190 cm³/mol. The van der Waals surface area contributed by atoms with Crippen LogP contribution in [0.2, 0.25) is 0 Å². The number of hydrogen-bond donors (Lipinski definition) is 4. The van der Waals surface area contributed by atoms with Crippen LogP contribution in [0.1, 0.15) is 44.4 Å². The third-order valence-electron chi connectivity index (χ3n) is 6.91. The second-order valence-electron chi connectivity index (χ2n) is 11.9. The van der Waals surface area contributed by atoms with E-state index in [2.05, 4.69) is 20.6 Å². The monoisotopic (exact) mass is 671 g/mol. The van der Waals surface area contributed by atoms with Crippen molar-refractivity contribution in [3.8, 4) is 11.3 Å². The number of ether oxygens (including phenoxy) is 1. The van der Waals surface area contributed by atoms with Crippen LogP contribution in [0.3, 0.4) is 0 Å². The second kappa shape index (κ2) is 16.5. The SMILES string of the molecule is CC(C)CS(=O)c1cc(N)cc(-c2cnc(NC(C)C)c(=O)n2CC(=O)NCc2ccc(/C=N\C(=O)OCc3ccccc3)c(N)c2)c1. The van der Waals surface area contributed by atoms with Crippen molar-refractivity contribution in [3.63, 3.8) is 0 Å². The Bertz CT molecular complexity index is 1870. The maximum atomic E-state index is 13.6. The quantitative estimate of drug-likeness (QED) is 0.115. The first-order valence-corrected chi connectivity index (χ1v) is 16.8. The molecule has 1 unspecified atom stereocenters. The van der Waals surface area contributed by atoms with Crippen molar-refractivity contribution in [2.75, 3.05) is 22.5 Å². The van der Waals surface area contributed by atoms with Gasteiger partial charge in [-0.15, -0.1) is 0 Å². The van der Waals surface area contributed by atoms with Crippen molar-refractivity contribution in [2.24, 2.45) is 10.9 Å². The summed E-state index contributed by atoms with van der Waals surface area (Å²) in [5.41, 5.74) is 15.5. The second-order valence-corrected chi connectivity index (χ2v) is 13.4. The first-order chi connectivity index (χ1) is 22.9. The molecule has 13 heteroatoms. The van der Waals surface area contributed by atoms with Crippen molar-refractivity contribution >= 4 is 46.2 Å². The lowest BCUT2D eigenvalue weighted by Crippen LogP contribution is -2.35. The molecule has 0 aliphatic heterocycles. The summed E-state index contributed by atoms with van der Waals surface area (Å²) >= 11 is 0. The first kappa shape index (κ1) is 35.6. The van der Waals surface area contributed by atoms with Gasteiger partial charge in [0.1, 0.15) is 13.2 Å². The Morgan fingerprint density at radius 2 is 1.77 bits per heavy atom. The number of anilines is 3. The summed E-state index contributed by atoms with van der Waals surface area (Å²) in [5, 5.41) is 5.86. The van der Waals surface area contributed by atoms with Crippen molar-refractivity contribution in [1.82, 2.24) is 14.9 Å². The van der Waals surface area contributed by atoms with Crippen molar-refractivity contribution in [2.45, 2.75) is 58.3 Å². The molecule has 0 aliphatic rings. The van der Waals surface area contributed by atoms with E-state index in [-0.39, 0.29) is 37.5 Å². The summed E-state index contributed by atoms with van der Waals surface area (Å²) in [6, 6.07) is 19.3. The topological polar surface area (TPSA) is 184 Å². The van der Waals surface area contributed by atoms with E-state index in [9.17, 15) is 18.6 Å². The predicted octanol–water partition coefficient (Wildman–Crippen LogP) is 4.73. The number of carbonyl (C=O) groups is 2. The average molecular weight is 672 g/mol. The number of aliphatic imine (C=N–C) groups is 1. The zero-order chi connectivity index (χ0) is 34.8. The van der Waals surface area contributed by atoms with Gasteiger partial charge in [0.05, 0.1) is 22.7 Å². The van der Waals surface area contributed by atoms with Crippen molar-refractivity contribution in [1.29, 1.82) is 0 Å². The smallest absolute Gasteiger partial charge is 0.433 e. The van der Waals surface area contributed by atoms with E-state index in [0.29, 0.717) is 44.4 Å². The number of amides is 2. The highest BCUT2D eigenvalue weighted by Gasteiger charge is 2.18. The Morgan fingerprint density at radius 3 is 2.46 bits per heavy atom. The molecule has 0 spiro atoms. The summed E-state index contributed by atoms with van der Waals surface area (Å²) in [6.45, 7) is 7.64.